The number of likely N-dealkylation sites (N-methyl/N-ethyl adjacent to an activating group) is 1. The predicted octanol–water partition coefficient (Wildman–Crippen LogP) is 2.53. The van der Waals surface area contributed by atoms with E-state index in [1.165, 1.54) is 25.8 Å². The molecule has 1 N–H and O–H groups in total. The van der Waals surface area contributed by atoms with Crippen molar-refractivity contribution in [2.45, 2.75) is 39.3 Å². The molecule has 0 spiro atoms. The summed E-state index contributed by atoms with van der Waals surface area (Å²) in [6.45, 7) is 5.94. The van der Waals surface area contributed by atoms with E-state index in [1.807, 2.05) is 30.5 Å². The minimum atomic E-state index is -1.22. The van der Waals surface area contributed by atoms with Gasteiger partial charge < -0.3 is 14.6 Å². The summed E-state index contributed by atoms with van der Waals surface area (Å²) >= 11 is 0. The highest BCUT2D eigenvalue weighted by molar-refractivity contribution is 5.91. The van der Waals surface area contributed by atoms with Crippen LogP contribution in [0.3, 0.4) is 0 Å². The maximum absolute atomic E-state index is 12.5. The number of hydrogen-bond donors (Lipinski definition) is 1. The topological polar surface area (TPSA) is 62.5 Å². The van der Waals surface area contributed by atoms with Crippen LogP contribution in [0.15, 0.2) is 30.5 Å². The van der Waals surface area contributed by atoms with Gasteiger partial charge in [-0.25, -0.2) is 4.79 Å². The number of para-hydroxylation sites is 1. The summed E-state index contributed by atoms with van der Waals surface area (Å²) in [5.41, 5.74) is 0.795. The molecule has 118 valence electrons. The predicted molar refractivity (Wildman–Crippen MR) is 85.8 cm³/mol. The molecule has 0 radical (unpaired) electrons. The van der Waals surface area contributed by atoms with Crippen LogP contribution in [0.1, 0.15) is 26.3 Å². The van der Waals surface area contributed by atoms with E-state index in [9.17, 15) is 14.7 Å². The number of carboxylic acid groups (broad SMARTS) is 1. The molecule has 0 saturated carbocycles. The van der Waals surface area contributed by atoms with Gasteiger partial charge in [-0.1, -0.05) is 18.2 Å². The summed E-state index contributed by atoms with van der Waals surface area (Å²) in [7, 11) is 1.54. The number of hydrogen-bond acceptors (Lipinski definition) is 2. The third-order valence-electron chi connectivity index (χ3n) is 4.29. The molecular formula is C17H22N2O3. The molecule has 0 saturated heterocycles. The molecule has 0 bridgehead atoms. The number of amides is 1. The fourth-order valence-electron chi connectivity index (χ4n) is 2.46. The summed E-state index contributed by atoms with van der Waals surface area (Å²) in [5.74, 6) is -1.22. The SMILES string of the molecule is CCn1cc(CC(=O)N(C)C(C)(C)C(=O)O)c2ccccc21. The smallest absolute Gasteiger partial charge is 0.329 e. The normalized spacial score (nSPS) is 11.6. The van der Waals surface area contributed by atoms with Crippen LogP contribution in [0.5, 0.6) is 0 Å². The van der Waals surface area contributed by atoms with E-state index in [1.54, 1.807) is 0 Å². The van der Waals surface area contributed by atoms with Crippen molar-refractivity contribution in [3.05, 3.63) is 36.0 Å². The molecule has 0 atom stereocenters. The van der Waals surface area contributed by atoms with Gasteiger partial charge in [0, 0.05) is 30.7 Å². The van der Waals surface area contributed by atoms with Crippen LogP contribution in [0, 0.1) is 0 Å². The Hall–Kier alpha value is -2.30. The number of rotatable bonds is 5. The number of aliphatic carboxylic acids is 1. The van der Waals surface area contributed by atoms with Crippen LogP contribution in [0.2, 0.25) is 0 Å². The Morgan fingerprint density at radius 3 is 2.50 bits per heavy atom. The maximum atomic E-state index is 12.5. The van der Waals surface area contributed by atoms with Crippen LogP contribution in [0.25, 0.3) is 10.9 Å². The Labute approximate surface area is 130 Å². The molecular weight excluding hydrogens is 280 g/mol. The molecule has 5 nitrogen and oxygen atoms in total. The van der Waals surface area contributed by atoms with Gasteiger partial charge in [0.05, 0.1) is 6.42 Å². The number of carbonyl (C=O) groups excluding carboxylic acids is 1. The second-order valence-electron chi connectivity index (χ2n) is 5.95. The van der Waals surface area contributed by atoms with Gasteiger partial charge in [0.2, 0.25) is 5.91 Å². The fourth-order valence-corrected chi connectivity index (χ4v) is 2.46. The average Bonchev–Trinajstić information content (AvgIpc) is 2.84. The van der Waals surface area contributed by atoms with E-state index in [4.69, 9.17) is 0 Å². The minimum Gasteiger partial charge on any atom is -0.480 e. The van der Waals surface area contributed by atoms with Crippen molar-refractivity contribution >= 4 is 22.8 Å². The Balaban J connectivity index is 2.31. The Morgan fingerprint density at radius 2 is 1.91 bits per heavy atom. The average molecular weight is 302 g/mol. The minimum absolute atomic E-state index is 0.195. The highest BCUT2D eigenvalue weighted by Gasteiger charge is 2.35. The van der Waals surface area contributed by atoms with E-state index in [-0.39, 0.29) is 12.3 Å². The molecule has 1 aromatic heterocycles. The number of aryl methyl sites for hydroxylation is 1. The third-order valence-corrected chi connectivity index (χ3v) is 4.29. The standard InChI is InChI=1S/C17H22N2O3/c1-5-19-11-12(13-8-6-7-9-14(13)19)10-15(20)18(4)17(2,3)16(21)22/h6-9,11H,5,10H2,1-4H3,(H,21,22). The molecule has 2 aromatic rings. The first kappa shape index (κ1) is 16.1. The molecule has 2 rings (SSSR count). The van der Waals surface area contributed by atoms with Crippen molar-refractivity contribution in [1.82, 2.24) is 9.47 Å². The third kappa shape index (κ3) is 2.71. The van der Waals surface area contributed by atoms with Gasteiger partial charge >= 0.3 is 5.97 Å². The highest BCUT2D eigenvalue weighted by atomic mass is 16.4. The van der Waals surface area contributed by atoms with Gasteiger partial charge in [0.15, 0.2) is 0 Å². The van der Waals surface area contributed by atoms with Crippen molar-refractivity contribution < 1.29 is 14.7 Å². The molecule has 5 heteroatoms. The van der Waals surface area contributed by atoms with E-state index in [0.29, 0.717) is 0 Å². The first-order chi connectivity index (χ1) is 10.3. The second-order valence-corrected chi connectivity index (χ2v) is 5.95. The summed E-state index contributed by atoms with van der Waals surface area (Å²) < 4.78 is 2.10. The maximum Gasteiger partial charge on any atom is 0.329 e. The van der Waals surface area contributed by atoms with E-state index in [0.717, 1.165) is 23.0 Å². The monoisotopic (exact) mass is 302 g/mol. The molecule has 0 aliphatic rings. The summed E-state index contributed by atoms with van der Waals surface area (Å²) in [6, 6.07) is 7.94. The van der Waals surface area contributed by atoms with Crippen LogP contribution in [-0.2, 0) is 22.6 Å². The van der Waals surface area contributed by atoms with Crippen LogP contribution in [0.4, 0.5) is 0 Å². The summed E-state index contributed by atoms with van der Waals surface area (Å²) in [6.07, 6.45) is 2.17. The Kier molecular flexibility index (Phi) is 4.26. The zero-order valence-corrected chi connectivity index (χ0v) is 13.5. The van der Waals surface area contributed by atoms with Crippen molar-refractivity contribution in [3.63, 3.8) is 0 Å². The fraction of sp³-hybridized carbons (Fsp3) is 0.412. The first-order valence-electron chi connectivity index (χ1n) is 7.35. The summed E-state index contributed by atoms with van der Waals surface area (Å²) in [5, 5.41) is 10.3. The van der Waals surface area contributed by atoms with Gasteiger partial charge in [0.25, 0.3) is 0 Å². The first-order valence-corrected chi connectivity index (χ1v) is 7.35. The van der Waals surface area contributed by atoms with Gasteiger partial charge in [-0.2, -0.15) is 0 Å². The van der Waals surface area contributed by atoms with Gasteiger partial charge in [-0.3, -0.25) is 4.79 Å². The number of fused-ring (bicyclic) bond motifs is 1. The molecule has 22 heavy (non-hydrogen) atoms. The van der Waals surface area contributed by atoms with Gasteiger partial charge in [-0.15, -0.1) is 0 Å². The molecule has 1 amide bonds. The van der Waals surface area contributed by atoms with Crippen molar-refractivity contribution in [2.75, 3.05) is 7.05 Å². The molecule has 0 aliphatic heterocycles. The van der Waals surface area contributed by atoms with Crippen molar-refractivity contribution in [2.24, 2.45) is 0 Å². The Bertz CT molecular complexity index is 716. The van der Waals surface area contributed by atoms with Crippen LogP contribution < -0.4 is 0 Å². The number of carbonyl (C=O) groups is 2. The van der Waals surface area contributed by atoms with Gasteiger partial charge in [0.1, 0.15) is 5.54 Å². The van der Waals surface area contributed by atoms with Crippen molar-refractivity contribution in [3.8, 4) is 0 Å². The van der Waals surface area contributed by atoms with E-state index < -0.39 is 11.5 Å². The molecule has 1 heterocycles. The molecule has 1 aromatic carbocycles. The summed E-state index contributed by atoms with van der Waals surface area (Å²) in [4.78, 5) is 25.0. The zero-order valence-electron chi connectivity index (χ0n) is 13.5. The van der Waals surface area contributed by atoms with E-state index in [2.05, 4.69) is 11.5 Å². The lowest BCUT2D eigenvalue weighted by Gasteiger charge is -2.31. The van der Waals surface area contributed by atoms with Crippen LogP contribution in [-0.4, -0.2) is 39.0 Å². The molecule has 0 unspecified atom stereocenters. The largest absolute Gasteiger partial charge is 0.480 e. The van der Waals surface area contributed by atoms with E-state index >= 15 is 0 Å². The lowest BCUT2D eigenvalue weighted by molar-refractivity contribution is -0.155. The number of nitrogens with zero attached hydrogens (tertiary/aromatic N) is 2. The number of benzene rings is 1. The Morgan fingerprint density at radius 1 is 1.27 bits per heavy atom. The van der Waals surface area contributed by atoms with Crippen LogP contribution >= 0.6 is 0 Å². The van der Waals surface area contributed by atoms with Gasteiger partial charge in [-0.05, 0) is 32.4 Å². The molecule has 0 aliphatic carbocycles. The lowest BCUT2D eigenvalue weighted by atomic mass is 10.0. The molecule has 0 fully saturated rings. The van der Waals surface area contributed by atoms with Crippen molar-refractivity contribution in [1.29, 1.82) is 0 Å². The quantitative estimate of drug-likeness (QED) is 0.923. The number of carboxylic acids is 1. The lowest BCUT2D eigenvalue weighted by Crippen LogP contribution is -2.51. The second kappa shape index (κ2) is 5.83. The number of aromatic nitrogens is 1. The highest BCUT2D eigenvalue weighted by Crippen LogP contribution is 2.23. The zero-order chi connectivity index (χ0) is 16.5.